The monoisotopic (exact) mass is 424 g/mol. The van der Waals surface area contributed by atoms with E-state index in [0.29, 0.717) is 0 Å². The third-order valence-electron chi connectivity index (χ3n) is 3.02. The van der Waals surface area contributed by atoms with Crippen LogP contribution in [0.15, 0.2) is 34.7 Å². The SMILES string of the molecule is C=COCC(COP(O)(=S)CC(=O)O)O[C@H](COC)n1ccc(=O)[nH]c1=O. The Hall–Kier alpha value is -1.82. The summed E-state index contributed by atoms with van der Waals surface area (Å²) in [5, 5.41) is 8.74. The van der Waals surface area contributed by atoms with Crippen molar-refractivity contribution in [3.63, 3.8) is 0 Å². The van der Waals surface area contributed by atoms with Gasteiger partial charge in [-0.15, -0.1) is 0 Å². The fourth-order valence-electron chi connectivity index (χ4n) is 1.92. The molecule has 13 heteroatoms. The number of rotatable bonds is 13. The molecule has 0 radical (unpaired) electrons. The smallest absolute Gasteiger partial charge is 0.330 e. The number of carboxylic acids is 1. The number of aliphatic carboxylic acids is 1. The lowest BCUT2D eigenvalue weighted by molar-refractivity contribution is -0.134. The molecule has 27 heavy (non-hydrogen) atoms. The van der Waals surface area contributed by atoms with E-state index in [1.54, 1.807) is 0 Å². The lowest BCUT2D eigenvalue weighted by atomic mass is 10.4. The normalized spacial score (nSPS) is 15.5. The van der Waals surface area contributed by atoms with Gasteiger partial charge in [-0.25, -0.2) is 4.79 Å². The minimum absolute atomic E-state index is 0.0566. The van der Waals surface area contributed by atoms with Gasteiger partial charge in [-0.05, 0) is 11.8 Å². The van der Waals surface area contributed by atoms with E-state index in [0.717, 1.165) is 16.9 Å². The van der Waals surface area contributed by atoms with Crippen LogP contribution >= 0.6 is 6.49 Å². The van der Waals surface area contributed by atoms with Gasteiger partial charge in [-0.2, -0.15) is 0 Å². The number of H-pyrrole nitrogens is 1. The summed E-state index contributed by atoms with van der Waals surface area (Å²) in [5.41, 5.74) is -1.29. The molecular weight excluding hydrogens is 403 g/mol. The van der Waals surface area contributed by atoms with Crippen molar-refractivity contribution >= 4 is 24.3 Å². The van der Waals surface area contributed by atoms with Gasteiger partial charge < -0.3 is 28.7 Å². The number of hydrogen-bond donors (Lipinski definition) is 3. The zero-order valence-electron chi connectivity index (χ0n) is 14.5. The lowest BCUT2D eigenvalue weighted by Crippen LogP contribution is -2.38. The first kappa shape index (κ1) is 23.2. The Morgan fingerprint density at radius 3 is 2.70 bits per heavy atom. The van der Waals surface area contributed by atoms with Gasteiger partial charge >= 0.3 is 11.7 Å². The van der Waals surface area contributed by atoms with Crippen LogP contribution in [0.4, 0.5) is 0 Å². The first-order valence-corrected chi connectivity index (χ1v) is 10.4. The average molecular weight is 424 g/mol. The Morgan fingerprint density at radius 2 is 2.15 bits per heavy atom. The molecule has 0 amide bonds. The van der Waals surface area contributed by atoms with Crippen molar-refractivity contribution in [2.24, 2.45) is 0 Å². The molecule has 0 saturated heterocycles. The van der Waals surface area contributed by atoms with E-state index in [-0.39, 0.29) is 19.8 Å². The minimum atomic E-state index is -3.56. The van der Waals surface area contributed by atoms with Crippen LogP contribution < -0.4 is 11.2 Å². The fourth-order valence-corrected chi connectivity index (χ4v) is 3.27. The molecule has 3 atom stereocenters. The number of carboxylic acid groups (broad SMARTS) is 1. The maximum absolute atomic E-state index is 12.0. The van der Waals surface area contributed by atoms with Crippen LogP contribution in [0.1, 0.15) is 6.23 Å². The topological polar surface area (TPSA) is 149 Å². The van der Waals surface area contributed by atoms with Gasteiger partial charge in [0.2, 0.25) is 0 Å². The summed E-state index contributed by atoms with van der Waals surface area (Å²) < 4.78 is 22.1. The molecule has 3 N–H and O–H groups in total. The Balaban J connectivity index is 2.94. The van der Waals surface area contributed by atoms with E-state index in [4.69, 9.17) is 35.6 Å². The van der Waals surface area contributed by atoms with Gasteiger partial charge in [-0.1, -0.05) is 6.58 Å². The summed E-state index contributed by atoms with van der Waals surface area (Å²) in [6.45, 7) is -0.591. The number of aromatic amines is 1. The van der Waals surface area contributed by atoms with E-state index in [2.05, 4.69) is 11.6 Å². The summed E-state index contributed by atoms with van der Waals surface area (Å²) in [6, 6.07) is 1.14. The number of nitrogens with zero attached hydrogens (tertiary/aromatic N) is 1. The Morgan fingerprint density at radius 1 is 1.44 bits per heavy atom. The fraction of sp³-hybridized carbons (Fsp3) is 0.500. The number of aromatic nitrogens is 2. The molecule has 0 spiro atoms. The maximum atomic E-state index is 12.0. The van der Waals surface area contributed by atoms with E-state index >= 15 is 0 Å². The van der Waals surface area contributed by atoms with Gasteiger partial charge in [0.15, 0.2) is 12.7 Å². The van der Waals surface area contributed by atoms with Crippen molar-refractivity contribution in [3.05, 3.63) is 45.9 Å². The van der Waals surface area contributed by atoms with Gasteiger partial charge in [0.05, 0.1) is 19.5 Å². The van der Waals surface area contributed by atoms with Gasteiger partial charge in [-0.3, -0.25) is 19.1 Å². The van der Waals surface area contributed by atoms with Crippen LogP contribution in [0.25, 0.3) is 0 Å². The second-order valence-electron chi connectivity index (χ2n) is 5.17. The summed E-state index contributed by atoms with van der Waals surface area (Å²) in [6.07, 6.45) is -0.140. The lowest BCUT2D eigenvalue weighted by Gasteiger charge is -2.26. The van der Waals surface area contributed by atoms with Crippen molar-refractivity contribution in [1.82, 2.24) is 9.55 Å². The third kappa shape index (κ3) is 8.61. The Labute approximate surface area is 159 Å². The van der Waals surface area contributed by atoms with E-state index in [1.807, 2.05) is 0 Å². The van der Waals surface area contributed by atoms with Crippen molar-refractivity contribution in [3.8, 4) is 0 Å². The summed E-state index contributed by atoms with van der Waals surface area (Å²) in [4.78, 5) is 45.9. The zero-order chi connectivity index (χ0) is 20.4. The number of carbonyl (C=O) groups is 1. The molecule has 0 fully saturated rings. The molecule has 1 heterocycles. The second kappa shape index (κ2) is 11.1. The molecule has 2 unspecified atom stereocenters. The zero-order valence-corrected chi connectivity index (χ0v) is 16.2. The average Bonchev–Trinajstić information content (AvgIpc) is 2.55. The van der Waals surface area contributed by atoms with E-state index in [9.17, 15) is 19.3 Å². The quantitative estimate of drug-likeness (QED) is 0.283. The van der Waals surface area contributed by atoms with Crippen molar-refractivity contribution in [2.45, 2.75) is 12.3 Å². The molecule has 0 bridgehead atoms. The van der Waals surface area contributed by atoms with Crippen LogP contribution in [0, 0.1) is 0 Å². The highest BCUT2D eigenvalue weighted by atomic mass is 32.5. The van der Waals surface area contributed by atoms with Crippen LogP contribution in [0.3, 0.4) is 0 Å². The number of methoxy groups -OCH3 is 1. The first-order valence-electron chi connectivity index (χ1n) is 7.55. The summed E-state index contributed by atoms with van der Waals surface area (Å²) in [5.74, 6) is -1.29. The van der Waals surface area contributed by atoms with E-state index in [1.165, 1.54) is 13.3 Å². The highest BCUT2D eigenvalue weighted by Gasteiger charge is 2.25. The summed E-state index contributed by atoms with van der Waals surface area (Å²) >= 11 is 4.77. The number of nitrogens with one attached hydrogen (secondary N) is 1. The van der Waals surface area contributed by atoms with Crippen LogP contribution in [0.5, 0.6) is 0 Å². The molecule has 0 aliphatic rings. The first-order chi connectivity index (χ1) is 12.7. The Kier molecular flexibility index (Phi) is 9.56. The molecule has 0 saturated carbocycles. The highest BCUT2D eigenvalue weighted by molar-refractivity contribution is 8.09. The molecule has 0 aliphatic carbocycles. The predicted octanol–water partition coefficient (Wildman–Crippen LogP) is -0.370. The molecule has 1 aromatic rings. The molecule has 0 aliphatic heterocycles. The molecule has 0 aromatic carbocycles. The third-order valence-corrected chi connectivity index (χ3v) is 4.94. The van der Waals surface area contributed by atoms with Crippen LogP contribution in [-0.4, -0.2) is 64.7 Å². The number of ether oxygens (including phenoxy) is 3. The van der Waals surface area contributed by atoms with Crippen molar-refractivity contribution in [1.29, 1.82) is 0 Å². The molecule has 1 rings (SSSR count). The van der Waals surface area contributed by atoms with Crippen molar-refractivity contribution < 1.29 is 33.5 Å². The van der Waals surface area contributed by atoms with E-state index < -0.39 is 42.2 Å². The minimum Gasteiger partial charge on any atom is -0.499 e. The van der Waals surface area contributed by atoms with Crippen molar-refractivity contribution in [2.75, 3.05) is 33.1 Å². The predicted molar refractivity (Wildman–Crippen MR) is 98.2 cm³/mol. The maximum Gasteiger partial charge on any atom is 0.330 e. The summed E-state index contributed by atoms with van der Waals surface area (Å²) in [7, 11) is 1.39. The van der Waals surface area contributed by atoms with Crippen LogP contribution in [-0.2, 0) is 35.3 Å². The van der Waals surface area contributed by atoms with Gasteiger partial charge in [0.25, 0.3) is 5.56 Å². The molecule has 152 valence electrons. The second-order valence-corrected chi connectivity index (χ2v) is 8.73. The largest absolute Gasteiger partial charge is 0.499 e. The standard InChI is InChI=1S/C14H21N2O9PS/c1-3-23-6-10(7-24-26(21,27)9-13(18)19)25-12(8-22-2)16-5-4-11(17)15-14(16)20/h3-5,10,12H,1,6-9H2,2H3,(H,18,19)(H,21,27)(H,15,17,20)/t10?,12-,26?/m1/s1. The molecule has 11 nitrogen and oxygen atoms in total. The molecular formula is C14H21N2O9PS. The van der Waals surface area contributed by atoms with Gasteiger partial charge in [0, 0.05) is 19.4 Å². The molecule has 1 aromatic heterocycles. The van der Waals surface area contributed by atoms with Crippen LogP contribution in [0.2, 0.25) is 0 Å². The Bertz CT molecular complexity index is 793. The van der Waals surface area contributed by atoms with Gasteiger partial charge in [0.1, 0.15) is 18.9 Å². The highest BCUT2D eigenvalue weighted by Crippen LogP contribution is 2.42. The number of hydrogen-bond acceptors (Lipinski definition) is 8.